The van der Waals surface area contributed by atoms with Crippen LogP contribution in [-0.2, 0) is 5.41 Å². The van der Waals surface area contributed by atoms with E-state index in [4.69, 9.17) is 9.47 Å². The molecule has 0 atom stereocenters. The molecule has 4 rings (SSSR count). The van der Waals surface area contributed by atoms with Crippen LogP contribution in [0.4, 0.5) is 13.2 Å². The van der Waals surface area contributed by atoms with Crippen LogP contribution in [0.5, 0.6) is 17.2 Å². The van der Waals surface area contributed by atoms with E-state index in [0.717, 1.165) is 12.1 Å². The summed E-state index contributed by atoms with van der Waals surface area (Å²) in [5.41, 5.74) is -0.0129. The minimum absolute atomic E-state index is 0.0204. The second kappa shape index (κ2) is 9.67. The molecule has 0 radical (unpaired) electrons. The Kier molecular flexibility index (Phi) is 6.72. The summed E-state index contributed by atoms with van der Waals surface area (Å²) in [5, 5.41) is 30.1. The third kappa shape index (κ3) is 4.16. The van der Waals surface area contributed by atoms with Gasteiger partial charge < -0.3 is 24.3 Å². The van der Waals surface area contributed by atoms with E-state index < -0.39 is 34.6 Å². The van der Waals surface area contributed by atoms with Crippen LogP contribution >= 0.6 is 0 Å². The van der Waals surface area contributed by atoms with Crippen LogP contribution in [0.1, 0.15) is 36.3 Å². The Morgan fingerprint density at radius 1 is 1.03 bits per heavy atom. The number of hydrogen-bond donors (Lipinski definition) is 2. The lowest BCUT2D eigenvalue weighted by Gasteiger charge is -2.27. The molecule has 196 valence electrons. The van der Waals surface area contributed by atoms with Crippen LogP contribution in [0.15, 0.2) is 42.5 Å². The highest BCUT2D eigenvalue weighted by molar-refractivity contribution is 6.03. The molecule has 0 saturated heterocycles. The maximum Gasteiger partial charge on any atom is 0.339 e. The summed E-state index contributed by atoms with van der Waals surface area (Å²) < 4.78 is 55.6. The predicted molar refractivity (Wildman–Crippen MR) is 134 cm³/mol. The van der Waals surface area contributed by atoms with Crippen molar-refractivity contribution in [3.05, 3.63) is 71.2 Å². The molecule has 10 heteroatoms. The van der Waals surface area contributed by atoms with Crippen molar-refractivity contribution in [1.29, 1.82) is 5.26 Å². The molecule has 0 spiro atoms. The van der Waals surface area contributed by atoms with Crippen LogP contribution in [0.2, 0.25) is 0 Å². The maximum atomic E-state index is 14.8. The first-order valence-corrected chi connectivity index (χ1v) is 11.3. The zero-order valence-electron chi connectivity index (χ0n) is 20.9. The van der Waals surface area contributed by atoms with Gasteiger partial charge in [0.25, 0.3) is 0 Å². The lowest BCUT2D eigenvalue weighted by molar-refractivity contribution is 0.0693. The summed E-state index contributed by atoms with van der Waals surface area (Å²) in [7, 11) is 2.56. The topological polar surface area (TPSA) is 105 Å². The molecule has 0 amide bonds. The predicted octanol–water partition coefficient (Wildman–Crippen LogP) is 6.33. The van der Waals surface area contributed by atoms with Gasteiger partial charge in [-0.15, -0.1) is 0 Å². The number of phenols is 1. The minimum atomic E-state index is -1.49. The number of benzene rings is 3. The van der Waals surface area contributed by atoms with Crippen molar-refractivity contribution in [2.75, 3.05) is 14.2 Å². The first kappa shape index (κ1) is 26.4. The second-order valence-electron chi connectivity index (χ2n) is 9.23. The summed E-state index contributed by atoms with van der Waals surface area (Å²) in [4.78, 5) is 11.7. The van der Waals surface area contributed by atoms with Crippen LogP contribution in [0.25, 0.3) is 27.7 Å². The van der Waals surface area contributed by atoms with Gasteiger partial charge in [-0.05, 0) is 35.9 Å². The molecule has 2 N–H and O–H groups in total. The molecular weight excluding hydrogens is 501 g/mol. The quantitative estimate of drug-likeness (QED) is 0.293. The number of carboxylic acid groups (broad SMARTS) is 1. The zero-order chi connectivity index (χ0) is 27.9. The highest BCUT2D eigenvalue weighted by Crippen LogP contribution is 2.48. The maximum absolute atomic E-state index is 14.8. The van der Waals surface area contributed by atoms with Crippen molar-refractivity contribution in [1.82, 2.24) is 4.57 Å². The molecule has 0 bridgehead atoms. The molecule has 1 heterocycles. The Balaban J connectivity index is 2.27. The van der Waals surface area contributed by atoms with E-state index in [1.165, 1.54) is 49.1 Å². The largest absolute Gasteiger partial charge is 0.503 e. The third-order valence-corrected chi connectivity index (χ3v) is 6.40. The molecule has 0 fully saturated rings. The molecule has 7 nitrogen and oxygen atoms in total. The zero-order valence-corrected chi connectivity index (χ0v) is 20.9. The summed E-state index contributed by atoms with van der Waals surface area (Å²) in [6.07, 6.45) is -0.0509. The molecule has 3 aromatic carbocycles. The van der Waals surface area contributed by atoms with Gasteiger partial charge in [-0.3, -0.25) is 0 Å². The molecule has 0 aliphatic rings. The number of phenolic OH excluding ortho intramolecular Hbond substituents is 1. The smallest absolute Gasteiger partial charge is 0.339 e. The number of halogens is 3. The molecule has 0 unspecified atom stereocenters. The number of aromatic hydroxyl groups is 1. The number of carboxylic acids is 1. The third-order valence-electron chi connectivity index (χ3n) is 6.40. The Hall–Kier alpha value is -4.65. The van der Waals surface area contributed by atoms with E-state index in [1.54, 1.807) is 13.8 Å². The van der Waals surface area contributed by atoms with Gasteiger partial charge in [0.05, 0.1) is 25.8 Å². The van der Waals surface area contributed by atoms with Crippen molar-refractivity contribution in [3.63, 3.8) is 0 Å². The van der Waals surface area contributed by atoms with Gasteiger partial charge in [0, 0.05) is 40.2 Å². The molecule has 0 aliphatic carbocycles. The SMILES string of the molecule is COc1cc(-c2c(C(C)(C)CC#N)n(-c3ccc(C(=O)O)c(OC)c3)c3c(O)c(F)c(F)cc23)ccc1F. The van der Waals surface area contributed by atoms with Crippen molar-refractivity contribution >= 4 is 16.9 Å². The van der Waals surface area contributed by atoms with Crippen LogP contribution in [-0.4, -0.2) is 35.0 Å². The number of aromatic carboxylic acids is 1. The number of nitrogens with zero attached hydrogens (tertiary/aromatic N) is 2. The molecule has 4 aromatic rings. The summed E-state index contributed by atoms with van der Waals surface area (Å²) in [6.45, 7) is 3.47. The van der Waals surface area contributed by atoms with Crippen LogP contribution in [0, 0.1) is 28.8 Å². The van der Waals surface area contributed by atoms with E-state index in [2.05, 4.69) is 6.07 Å². The van der Waals surface area contributed by atoms with Gasteiger partial charge >= 0.3 is 5.97 Å². The fourth-order valence-corrected chi connectivity index (χ4v) is 4.65. The van der Waals surface area contributed by atoms with E-state index in [9.17, 15) is 33.4 Å². The molecule has 38 heavy (non-hydrogen) atoms. The number of nitriles is 1. The van der Waals surface area contributed by atoms with E-state index in [-0.39, 0.29) is 40.1 Å². The average Bonchev–Trinajstić information content (AvgIpc) is 3.23. The Labute approximate surface area is 215 Å². The average molecular weight is 524 g/mol. The lowest BCUT2D eigenvalue weighted by Crippen LogP contribution is -2.22. The first-order valence-electron chi connectivity index (χ1n) is 11.3. The van der Waals surface area contributed by atoms with Crippen molar-refractivity contribution in [2.24, 2.45) is 0 Å². The normalized spacial score (nSPS) is 11.4. The number of methoxy groups -OCH3 is 2. The van der Waals surface area contributed by atoms with Gasteiger partial charge in [-0.25, -0.2) is 13.6 Å². The Bertz CT molecular complexity index is 1640. The number of aromatic nitrogens is 1. The number of rotatable bonds is 7. The molecule has 1 aromatic heterocycles. The van der Waals surface area contributed by atoms with Crippen molar-refractivity contribution in [3.8, 4) is 40.1 Å². The fourth-order valence-electron chi connectivity index (χ4n) is 4.65. The van der Waals surface area contributed by atoms with E-state index >= 15 is 0 Å². The van der Waals surface area contributed by atoms with Crippen molar-refractivity contribution < 1.29 is 37.7 Å². The van der Waals surface area contributed by atoms with Crippen molar-refractivity contribution in [2.45, 2.75) is 25.7 Å². The van der Waals surface area contributed by atoms with Gasteiger partial charge in [-0.1, -0.05) is 19.9 Å². The van der Waals surface area contributed by atoms with Gasteiger partial charge in [-0.2, -0.15) is 9.65 Å². The summed E-state index contributed by atoms with van der Waals surface area (Å²) in [5.74, 6) is -5.81. The highest BCUT2D eigenvalue weighted by atomic mass is 19.2. The number of ether oxygens (including phenoxy) is 2. The van der Waals surface area contributed by atoms with Gasteiger partial charge in [0.15, 0.2) is 23.1 Å². The lowest BCUT2D eigenvalue weighted by atomic mass is 9.81. The molecular formula is C28H23F3N2O5. The van der Waals surface area contributed by atoms with Crippen LogP contribution in [0.3, 0.4) is 0 Å². The van der Waals surface area contributed by atoms with Crippen LogP contribution < -0.4 is 9.47 Å². The fraction of sp³-hybridized carbons (Fsp3) is 0.214. The first-order chi connectivity index (χ1) is 18.0. The minimum Gasteiger partial charge on any atom is -0.503 e. The molecule has 0 aliphatic heterocycles. The van der Waals surface area contributed by atoms with E-state index in [0.29, 0.717) is 16.8 Å². The van der Waals surface area contributed by atoms with Gasteiger partial charge in [0.2, 0.25) is 5.82 Å². The summed E-state index contributed by atoms with van der Waals surface area (Å²) in [6, 6.07) is 11.1. The highest BCUT2D eigenvalue weighted by Gasteiger charge is 2.35. The monoisotopic (exact) mass is 524 g/mol. The number of hydrogen-bond acceptors (Lipinski definition) is 5. The van der Waals surface area contributed by atoms with E-state index in [1.807, 2.05) is 0 Å². The second-order valence-corrected chi connectivity index (χ2v) is 9.23. The molecule has 0 saturated carbocycles. The number of fused-ring (bicyclic) bond motifs is 1. The Morgan fingerprint density at radius 3 is 2.32 bits per heavy atom. The van der Waals surface area contributed by atoms with Gasteiger partial charge in [0.1, 0.15) is 11.3 Å². The number of carbonyl (C=O) groups is 1. The summed E-state index contributed by atoms with van der Waals surface area (Å²) >= 11 is 0. The standard InChI is InChI=1S/C28H23F3N2O5/c1-28(2,9-10-32)26-22(14-5-8-18(29)21(11-14)38-4)17-13-19(30)23(31)25(34)24(17)33(26)15-6-7-16(27(35)36)20(12-15)37-3/h5-8,11-13,34H,9H2,1-4H3,(H,35,36). The Morgan fingerprint density at radius 2 is 1.71 bits per heavy atom.